The lowest BCUT2D eigenvalue weighted by molar-refractivity contribution is -0.137. The van der Waals surface area contributed by atoms with Crippen molar-refractivity contribution in [2.24, 2.45) is 5.92 Å². The molecule has 1 aromatic carbocycles. The van der Waals surface area contributed by atoms with Crippen LogP contribution in [0.2, 0.25) is 0 Å². The molecule has 0 radical (unpaired) electrons. The van der Waals surface area contributed by atoms with Gasteiger partial charge in [-0.15, -0.1) is 0 Å². The molecule has 2 aliphatic rings. The Balaban J connectivity index is 1.46. The SMILES string of the molecule is CC(=O)N1CCC[C@H]1C(=O)NC[C@@H]1CCCN(Cc2ccccc2)C1. The normalized spacial score (nSPS) is 24.3. The zero-order valence-corrected chi connectivity index (χ0v) is 15.1. The number of hydrogen-bond acceptors (Lipinski definition) is 3. The number of carbonyl (C=O) groups is 2. The van der Waals surface area contributed by atoms with Gasteiger partial charge in [-0.05, 0) is 43.7 Å². The van der Waals surface area contributed by atoms with Crippen molar-refractivity contribution in [3.8, 4) is 0 Å². The van der Waals surface area contributed by atoms with Crippen molar-refractivity contribution < 1.29 is 9.59 Å². The molecule has 0 bridgehead atoms. The van der Waals surface area contributed by atoms with E-state index in [4.69, 9.17) is 0 Å². The summed E-state index contributed by atoms with van der Waals surface area (Å²) in [6.07, 6.45) is 4.05. The first-order chi connectivity index (χ1) is 12.1. The Morgan fingerprint density at radius 2 is 1.88 bits per heavy atom. The predicted octanol–water partition coefficient (Wildman–Crippen LogP) is 2.03. The van der Waals surface area contributed by atoms with E-state index in [1.165, 1.54) is 12.0 Å². The van der Waals surface area contributed by atoms with Gasteiger partial charge in [0.25, 0.3) is 0 Å². The molecule has 136 valence electrons. The van der Waals surface area contributed by atoms with Crippen molar-refractivity contribution in [3.63, 3.8) is 0 Å². The topological polar surface area (TPSA) is 52.7 Å². The Kier molecular flexibility index (Phi) is 6.08. The highest BCUT2D eigenvalue weighted by Crippen LogP contribution is 2.20. The standard InChI is InChI=1S/C20H29N3O2/c1-16(24)23-12-6-10-19(23)20(25)21-13-18-9-5-11-22(15-18)14-17-7-3-2-4-8-17/h2-4,7-8,18-19H,5-6,9-15H2,1H3,(H,21,25)/t18-,19-/m0/s1. The van der Waals surface area contributed by atoms with Crippen LogP contribution in [0.5, 0.6) is 0 Å². The number of amides is 2. The lowest BCUT2D eigenvalue weighted by atomic mass is 9.97. The lowest BCUT2D eigenvalue weighted by Crippen LogP contribution is -2.47. The van der Waals surface area contributed by atoms with Crippen LogP contribution in [0.25, 0.3) is 0 Å². The number of rotatable bonds is 5. The van der Waals surface area contributed by atoms with E-state index in [0.717, 1.165) is 38.9 Å². The maximum Gasteiger partial charge on any atom is 0.242 e. The van der Waals surface area contributed by atoms with E-state index in [1.807, 2.05) is 6.07 Å². The summed E-state index contributed by atoms with van der Waals surface area (Å²) < 4.78 is 0. The van der Waals surface area contributed by atoms with Crippen molar-refractivity contribution in [1.29, 1.82) is 0 Å². The number of nitrogens with zero attached hydrogens (tertiary/aromatic N) is 2. The summed E-state index contributed by atoms with van der Waals surface area (Å²) in [6, 6.07) is 10.3. The minimum Gasteiger partial charge on any atom is -0.354 e. The average Bonchev–Trinajstić information content (AvgIpc) is 3.11. The Morgan fingerprint density at radius 3 is 2.64 bits per heavy atom. The lowest BCUT2D eigenvalue weighted by Gasteiger charge is -2.33. The number of nitrogens with one attached hydrogen (secondary N) is 1. The van der Waals surface area contributed by atoms with Crippen molar-refractivity contribution in [2.75, 3.05) is 26.2 Å². The third kappa shape index (κ3) is 4.82. The molecule has 0 saturated carbocycles. The Hall–Kier alpha value is -1.88. The fourth-order valence-corrected chi connectivity index (χ4v) is 4.08. The summed E-state index contributed by atoms with van der Waals surface area (Å²) in [5, 5.41) is 3.10. The van der Waals surface area contributed by atoms with E-state index in [0.29, 0.717) is 19.0 Å². The first kappa shape index (κ1) is 17.9. The monoisotopic (exact) mass is 343 g/mol. The summed E-state index contributed by atoms with van der Waals surface area (Å²) in [4.78, 5) is 28.3. The molecule has 2 saturated heterocycles. The van der Waals surface area contributed by atoms with Crippen molar-refractivity contribution >= 4 is 11.8 Å². The van der Waals surface area contributed by atoms with Crippen LogP contribution >= 0.6 is 0 Å². The quantitative estimate of drug-likeness (QED) is 0.890. The van der Waals surface area contributed by atoms with E-state index >= 15 is 0 Å². The molecule has 2 aliphatic heterocycles. The van der Waals surface area contributed by atoms with Crippen molar-refractivity contribution in [2.45, 2.75) is 45.2 Å². The molecule has 2 atom stereocenters. The van der Waals surface area contributed by atoms with Crippen LogP contribution in [-0.4, -0.2) is 53.8 Å². The Bertz CT molecular complexity index is 590. The molecular formula is C20H29N3O2. The first-order valence-electron chi connectivity index (χ1n) is 9.44. The van der Waals surface area contributed by atoms with E-state index in [2.05, 4.69) is 34.5 Å². The molecular weight excluding hydrogens is 314 g/mol. The Labute approximate surface area is 150 Å². The van der Waals surface area contributed by atoms with Crippen LogP contribution in [0, 0.1) is 5.92 Å². The van der Waals surface area contributed by atoms with E-state index < -0.39 is 0 Å². The molecule has 2 fully saturated rings. The van der Waals surface area contributed by atoms with Crippen LogP contribution in [0.1, 0.15) is 38.2 Å². The predicted molar refractivity (Wildman–Crippen MR) is 97.9 cm³/mol. The summed E-state index contributed by atoms with van der Waals surface area (Å²) in [5.41, 5.74) is 1.34. The van der Waals surface area contributed by atoms with Gasteiger partial charge in [-0.25, -0.2) is 0 Å². The molecule has 5 heteroatoms. The van der Waals surface area contributed by atoms with Gasteiger partial charge in [0.05, 0.1) is 0 Å². The van der Waals surface area contributed by atoms with E-state index in [-0.39, 0.29) is 17.9 Å². The molecule has 5 nitrogen and oxygen atoms in total. The molecule has 3 rings (SSSR count). The second kappa shape index (κ2) is 8.48. The summed E-state index contributed by atoms with van der Waals surface area (Å²) >= 11 is 0. The van der Waals surface area contributed by atoms with E-state index in [1.54, 1.807) is 11.8 Å². The Morgan fingerprint density at radius 1 is 1.12 bits per heavy atom. The van der Waals surface area contributed by atoms with Gasteiger partial charge in [-0.1, -0.05) is 30.3 Å². The molecule has 0 unspecified atom stereocenters. The molecule has 2 heterocycles. The highest BCUT2D eigenvalue weighted by molar-refractivity contribution is 5.87. The van der Waals surface area contributed by atoms with Crippen LogP contribution < -0.4 is 5.32 Å². The number of benzene rings is 1. The largest absolute Gasteiger partial charge is 0.354 e. The molecule has 0 spiro atoms. The second-order valence-corrected chi connectivity index (χ2v) is 7.34. The molecule has 0 aliphatic carbocycles. The van der Waals surface area contributed by atoms with Gasteiger partial charge < -0.3 is 10.2 Å². The van der Waals surface area contributed by atoms with Crippen molar-refractivity contribution in [1.82, 2.24) is 15.1 Å². The number of piperidine rings is 1. The van der Waals surface area contributed by atoms with Gasteiger partial charge in [0.1, 0.15) is 6.04 Å². The minimum absolute atomic E-state index is 0.00403. The average molecular weight is 343 g/mol. The third-order valence-electron chi connectivity index (χ3n) is 5.38. The second-order valence-electron chi connectivity index (χ2n) is 7.34. The fourth-order valence-electron chi connectivity index (χ4n) is 4.08. The summed E-state index contributed by atoms with van der Waals surface area (Å²) in [7, 11) is 0. The molecule has 2 amide bonds. The highest BCUT2D eigenvalue weighted by Gasteiger charge is 2.32. The maximum absolute atomic E-state index is 12.5. The molecule has 1 N–H and O–H groups in total. The van der Waals surface area contributed by atoms with Gasteiger partial charge in [-0.3, -0.25) is 14.5 Å². The third-order valence-corrected chi connectivity index (χ3v) is 5.38. The molecule has 25 heavy (non-hydrogen) atoms. The first-order valence-corrected chi connectivity index (χ1v) is 9.44. The summed E-state index contributed by atoms with van der Waals surface area (Å²) in [5.74, 6) is 0.519. The van der Waals surface area contributed by atoms with Gasteiger partial charge in [0.2, 0.25) is 11.8 Å². The van der Waals surface area contributed by atoms with Crippen molar-refractivity contribution in [3.05, 3.63) is 35.9 Å². The number of hydrogen-bond donors (Lipinski definition) is 1. The van der Waals surface area contributed by atoms with Crippen LogP contribution in [-0.2, 0) is 16.1 Å². The fraction of sp³-hybridized carbons (Fsp3) is 0.600. The number of likely N-dealkylation sites (tertiary alicyclic amines) is 2. The van der Waals surface area contributed by atoms with Gasteiger partial charge >= 0.3 is 0 Å². The van der Waals surface area contributed by atoms with Gasteiger partial charge in [0.15, 0.2) is 0 Å². The smallest absolute Gasteiger partial charge is 0.242 e. The summed E-state index contributed by atoms with van der Waals surface area (Å²) in [6.45, 7) is 6.10. The van der Waals surface area contributed by atoms with E-state index in [9.17, 15) is 9.59 Å². The maximum atomic E-state index is 12.5. The van der Waals surface area contributed by atoms with Gasteiger partial charge in [-0.2, -0.15) is 0 Å². The number of carbonyl (C=O) groups excluding carboxylic acids is 2. The van der Waals surface area contributed by atoms with Crippen LogP contribution in [0.3, 0.4) is 0 Å². The van der Waals surface area contributed by atoms with Crippen LogP contribution in [0.4, 0.5) is 0 Å². The van der Waals surface area contributed by atoms with Gasteiger partial charge in [0, 0.05) is 33.1 Å². The van der Waals surface area contributed by atoms with Crippen LogP contribution in [0.15, 0.2) is 30.3 Å². The molecule has 0 aromatic heterocycles. The zero-order chi connectivity index (χ0) is 17.6. The highest BCUT2D eigenvalue weighted by atomic mass is 16.2. The molecule has 1 aromatic rings. The zero-order valence-electron chi connectivity index (χ0n) is 15.1. The minimum atomic E-state index is -0.262.